The largest absolute Gasteiger partial charge is 0.502 e. The van der Waals surface area contributed by atoms with Crippen LogP contribution in [0.2, 0.25) is 0 Å². The number of hydrogen-bond acceptors (Lipinski definition) is 22. The lowest BCUT2D eigenvalue weighted by Crippen LogP contribution is -2.18. The van der Waals surface area contributed by atoms with Gasteiger partial charge >= 0.3 is 42.3 Å². The minimum absolute atomic E-state index is 0.0491. The predicted molar refractivity (Wildman–Crippen MR) is 449 cm³/mol. The lowest BCUT2D eigenvalue weighted by Gasteiger charge is -2.09. The smallest absolute Gasteiger partial charge is 0.342 e. The van der Waals surface area contributed by atoms with Gasteiger partial charge in [0.1, 0.15) is 55.2 Å². The second-order valence-electron chi connectivity index (χ2n) is 25.8. The zero-order valence-corrected chi connectivity index (χ0v) is 73.7. The second-order valence-corrected chi connectivity index (χ2v) is 25.8. The fraction of sp³-hybridized carbons (Fsp3) is 0.693. The summed E-state index contributed by atoms with van der Waals surface area (Å²) in [4.78, 5) is 10.9. The van der Waals surface area contributed by atoms with Crippen molar-refractivity contribution in [3.8, 4) is 11.5 Å². The highest BCUT2D eigenvalue weighted by molar-refractivity contribution is 5.69. The number of unbranched alkanes of at least 4 members (excludes halogenated alkanes) is 15. The Morgan fingerprint density at radius 3 is 1.13 bits per heavy atom. The van der Waals surface area contributed by atoms with Crippen LogP contribution in [0.3, 0.4) is 0 Å². The molecule has 22 nitrogen and oxygen atoms in total. The van der Waals surface area contributed by atoms with E-state index in [9.17, 15) is 44.3 Å². The molecule has 0 spiro atoms. The van der Waals surface area contributed by atoms with Gasteiger partial charge in [0.25, 0.3) is 0 Å². The van der Waals surface area contributed by atoms with Crippen LogP contribution >= 0.6 is 0 Å². The Kier molecular flexibility index (Phi) is 97.0. The molecule has 4 atom stereocenters. The maximum Gasteiger partial charge on any atom is 0.342 e. The van der Waals surface area contributed by atoms with Crippen LogP contribution < -0.4 is 9.47 Å². The quantitative estimate of drug-likeness (QED) is 0.0197. The van der Waals surface area contributed by atoms with Crippen molar-refractivity contribution in [2.75, 3.05) is 202 Å². The first-order chi connectivity index (χ1) is 57.6. The Labute approximate surface area is 706 Å². The molecule has 0 N–H and O–H groups in total. The summed E-state index contributed by atoms with van der Waals surface area (Å²) in [5.41, 5.74) is 2.39. The molecule has 2 aromatic carbocycles. The average molecular weight is 1730 g/mol. The molecule has 2 aromatic rings. The molecule has 0 amide bonds. The van der Waals surface area contributed by atoms with Crippen molar-refractivity contribution < 1.29 is 144 Å². The van der Waals surface area contributed by atoms with E-state index in [0.29, 0.717) is 77.7 Å². The number of hydrogen-bond donors (Lipinski definition) is 0. The van der Waals surface area contributed by atoms with Gasteiger partial charge in [-0.15, -0.1) is 0 Å². The van der Waals surface area contributed by atoms with Gasteiger partial charge in [0.2, 0.25) is 0 Å². The monoisotopic (exact) mass is 1730 g/mol. The third-order valence-corrected chi connectivity index (χ3v) is 15.5. The van der Waals surface area contributed by atoms with Gasteiger partial charge < -0.3 is 99.5 Å². The van der Waals surface area contributed by atoms with Crippen LogP contribution in [-0.2, 0) is 94.8 Å². The number of carbonyl (C=O) groups is 1. The van der Waals surface area contributed by atoms with Crippen LogP contribution in [0.4, 0.5) is 39.5 Å². The summed E-state index contributed by atoms with van der Waals surface area (Å²) in [6.07, 6.45) is 26.5. The molecule has 0 saturated carbocycles. The lowest BCUT2D eigenvalue weighted by atomic mass is 10.1. The number of ether oxygens (including phenoxy) is 21. The van der Waals surface area contributed by atoms with E-state index in [0.717, 1.165) is 148 Å². The first-order valence-electron chi connectivity index (χ1n) is 40.9. The van der Waals surface area contributed by atoms with E-state index in [1.807, 2.05) is 60.7 Å². The SMILES string of the molecule is C=COCCCCOC.C=COCCOC.C=Cc1ccc(OCCCCCCC)cc1.C=Cc1ccc(OCCCCCCCCC)cc1.CCCCCCOCC1(CC)CO1.COC(F)=C(F)F.COCC1CO1.COCCCC(=O)OCC1CO1.COCCCCOC(F)=C(F)F.COCCOC(F)=C(F)F.COCCOCC1CO1. The number of methoxy groups -OCH3 is 8. The van der Waals surface area contributed by atoms with Gasteiger partial charge in [-0.3, -0.25) is 4.79 Å². The summed E-state index contributed by atoms with van der Waals surface area (Å²) in [7, 11) is 12.0. The lowest BCUT2D eigenvalue weighted by molar-refractivity contribution is -0.144. The summed E-state index contributed by atoms with van der Waals surface area (Å²) < 4.78 is 202. The Bertz CT molecular complexity index is 2610. The van der Waals surface area contributed by atoms with Crippen LogP contribution in [0, 0.1) is 0 Å². The van der Waals surface area contributed by atoms with Gasteiger partial charge in [-0.2, -0.15) is 39.5 Å². The fourth-order valence-corrected chi connectivity index (χ4v) is 8.22. The van der Waals surface area contributed by atoms with Crippen molar-refractivity contribution in [2.24, 2.45) is 0 Å². The predicted octanol–water partition coefficient (Wildman–Crippen LogP) is 21.5. The van der Waals surface area contributed by atoms with E-state index in [1.165, 1.54) is 117 Å². The number of carbonyl (C=O) groups excluding carboxylic acids is 1. The average Bonchev–Trinajstić information content (AvgIpc) is 1.68. The molecule has 0 bridgehead atoms. The molecule has 4 saturated heterocycles. The third kappa shape index (κ3) is 98.5. The highest BCUT2D eigenvalue weighted by Gasteiger charge is 2.43. The third-order valence-electron chi connectivity index (χ3n) is 15.5. The van der Waals surface area contributed by atoms with Gasteiger partial charge in [-0.1, -0.05) is 174 Å². The highest BCUT2D eigenvalue weighted by atomic mass is 19.3. The molecule has 6 rings (SSSR count). The number of esters is 1. The van der Waals surface area contributed by atoms with Crippen LogP contribution in [0.5, 0.6) is 11.5 Å². The Morgan fingerprint density at radius 2 is 0.748 bits per heavy atom. The molecule has 31 heteroatoms. The van der Waals surface area contributed by atoms with Crippen LogP contribution in [0.25, 0.3) is 12.2 Å². The van der Waals surface area contributed by atoms with E-state index in [1.54, 1.807) is 35.5 Å². The molecule has 4 heterocycles. The standard InChI is InChI=1S/C17H26O.C15H22O.C11H22O2.C8H14O4.C7H11F3O2.C7H14O2.C6H12O3.C5H7F3O2.C5H10O2.C4H8O2.C3H3F3O/c1-3-5-6-7-8-9-10-15-18-17-13-11-16(4-2)12-14-17;1-3-5-6-7-8-13-16-15-11-9-14(4-2)10-12-15;1-3-5-6-7-8-12-9-11(4-2)10-13-11;1-10-4-2-3-8(9)12-6-7-5-11-7;1-11-4-2-3-5-12-7(10)6(8)9;1-3-9-7-5-4-6-8-2;1-7-2-3-8-4-6-5-9-6;1-9-2-3-10-5(8)4(6)7;1-3-7-5-4-6-2;1-5-2-4-3-6-4;1-7-3(6)2(4)5/h4,11-14H,2-3,5-10,15H2,1H3;4,9-12H,2-3,5-8,13H2,1H3;3-10H2,1-2H3;7H,2-6H2,1H3;2-5H2,1H3;3H,1,4-7H2,2H3;6H,2-5H2,1H3;2-3H2,1H3;3H,1,4-5H2,2H3;4H,2-3H2,1H3;1H3. The maximum absolute atomic E-state index is 11.9. The normalized spacial score (nSPS) is 14.6. The van der Waals surface area contributed by atoms with Crippen molar-refractivity contribution in [1.82, 2.24) is 0 Å². The molecule has 4 fully saturated rings. The van der Waals surface area contributed by atoms with E-state index < -0.39 is 36.3 Å². The minimum Gasteiger partial charge on any atom is -0.502 e. The first kappa shape index (κ1) is 121. The van der Waals surface area contributed by atoms with Gasteiger partial charge in [-0.05, 0) is 93.2 Å². The molecular formula is C88H149F9O22. The second kappa shape index (κ2) is 95.4. The van der Waals surface area contributed by atoms with Crippen molar-refractivity contribution in [2.45, 2.75) is 199 Å². The molecule has 4 aliphatic heterocycles. The van der Waals surface area contributed by atoms with Crippen molar-refractivity contribution in [3.63, 3.8) is 0 Å². The maximum atomic E-state index is 11.9. The summed E-state index contributed by atoms with van der Waals surface area (Å²) in [5.74, 6) is 1.76. The molecular weight excluding hydrogens is 1580 g/mol. The summed E-state index contributed by atoms with van der Waals surface area (Å²) in [5, 5.41) is 0. The van der Waals surface area contributed by atoms with Gasteiger partial charge in [0.05, 0.1) is 119 Å². The van der Waals surface area contributed by atoms with Crippen molar-refractivity contribution >= 4 is 18.1 Å². The number of epoxide rings is 4. The molecule has 0 aliphatic carbocycles. The van der Waals surface area contributed by atoms with E-state index >= 15 is 0 Å². The summed E-state index contributed by atoms with van der Waals surface area (Å²) >= 11 is 0. The zero-order valence-electron chi connectivity index (χ0n) is 73.7. The van der Waals surface area contributed by atoms with Gasteiger partial charge in [0.15, 0.2) is 0 Å². The summed E-state index contributed by atoms with van der Waals surface area (Å²) in [6.45, 7) is 36.9. The fourth-order valence-electron chi connectivity index (χ4n) is 8.22. The van der Waals surface area contributed by atoms with Crippen molar-refractivity contribution in [3.05, 3.63) is 135 Å². The van der Waals surface area contributed by atoms with Gasteiger partial charge in [-0.25, -0.2) is 0 Å². The van der Waals surface area contributed by atoms with E-state index in [2.05, 4.69) is 82.4 Å². The van der Waals surface area contributed by atoms with Crippen LogP contribution in [0.15, 0.2) is 124 Å². The molecule has 696 valence electrons. The highest BCUT2D eigenvalue weighted by Crippen LogP contribution is 2.31. The first-order valence-corrected chi connectivity index (χ1v) is 40.9. The molecule has 0 aromatic heterocycles. The van der Waals surface area contributed by atoms with Crippen molar-refractivity contribution in [1.29, 1.82) is 0 Å². The van der Waals surface area contributed by atoms with Crippen LogP contribution in [-0.4, -0.2) is 232 Å². The minimum atomic E-state index is -2.45. The van der Waals surface area contributed by atoms with E-state index in [-0.39, 0.29) is 37.5 Å². The Hall–Kier alpha value is -6.46. The number of halogens is 9. The molecule has 4 aliphatic rings. The zero-order chi connectivity index (χ0) is 89.7. The Balaban J connectivity index is -0.000000406. The van der Waals surface area contributed by atoms with Crippen LogP contribution in [0.1, 0.15) is 187 Å². The van der Waals surface area contributed by atoms with Gasteiger partial charge in [0, 0.05) is 82.6 Å². The number of benzene rings is 2. The molecule has 4 unspecified atom stereocenters. The number of rotatable bonds is 60. The Morgan fingerprint density at radius 1 is 0.387 bits per heavy atom. The van der Waals surface area contributed by atoms with E-state index in [4.69, 9.17) is 71.1 Å². The molecule has 0 radical (unpaired) electrons. The topological polar surface area (TPSA) is 224 Å². The summed E-state index contributed by atoms with van der Waals surface area (Å²) in [6, 6.07) is 10.7. The molecule has 119 heavy (non-hydrogen) atoms.